The number of H-pyrrole nitrogens is 1. The number of aromatic amines is 1. The van der Waals surface area contributed by atoms with Gasteiger partial charge >= 0.3 is 0 Å². The highest BCUT2D eigenvalue weighted by molar-refractivity contribution is 6.34. The smallest absolute Gasteiger partial charge is 0.256 e. The van der Waals surface area contributed by atoms with E-state index in [4.69, 9.17) is 4.74 Å². The van der Waals surface area contributed by atoms with Gasteiger partial charge in [0.2, 0.25) is 0 Å². The Kier molecular flexibility index (Phi) is 4.09. The first kappa shape index (κ1) is 16.2. The third-order valence-corrected chi connectivity index (χ3v) is 4.50. The van der Waals surface area contributed by atoms with Crippen LogP contribution in [0.15, 0.2) is 54.6 Å². The highest BCUT2D eigenvalue weighted by Crippen LogP contribution is 2.36. The van der Waals surface area contributed by atoms with Crippen molar-refractivity contribution in [3.05, 3.63) is 82.7 Å². The normalized spacial score (nSPS) is 14.4. The minimum absolute atomic E-state index is 0.0909. The number of benzene rings is 2. The van der Waals surface area contributed by atoms with Gasteiger partial charge in [0, 0.05) is 23.0 Å². The topological polar surface area (TPSA) is 54.1 Å². The van der Waals surface area contributed by atoms with Crippen LogP contribution in [0.2, 0.25) is 0 Å². The van der Waals surface area contributed by atoms with Gasteiger partial charge in [-0.3, -0.25) is 4.79 Å². The van der Waals surface area contributed by atoms with Crippen LogP contribution in [0.25, 0.3) is 11.6 Å². The maximum atomic E-state index is 12.4. The fourth-order valence-electron chi connectivity index (χ4n) is 3.19. The first-order valence-electron chi connectivity index (χ1n) is 8.60. The summed E-state index contributed by atoms with van der Waals surface area (Å²) in [7, 11) is 0. The van der Waals surface area contributed by atoms with Crippen molar-refractivity contribution in [3.8, 4) is 5.75 Å². The molecule has 2 aromatic carbocycles. The van der Waals surface area contributed by atoms with E-state index in [0.717, 1.165) is 39.5 Å². The first-order chi connectivity index (χ1) is 12.6. The number of nitrogens with one attached hydrogen (secondary N) is 2. The fraction of sp³-hybridized carbons (Fsp3) is 0.136. The Labute approximate surface area is 152 Å². The lowest BCUT2D eigenvalue weighted by molar-refractivity contribution is -0.110. The van der Waals surface area contributed by atoms with Crippen LogP contribution in [0.4, 0.5) is 5.69 Å². The van der Waals surface area contributed by atoms with E-state index in [2.05, 4.69) is 16.4 Å². The summed E-state index contributed by atoms with van der Waals surface area (Å²) in [4.78, 5) is 15.7. The number of carbonyl (C=O) groups is 1. The number of aromatic nitrogens is 1. The molecule has 1 amide bonds. The predicted molar refractivity (Wildman–Crippen MR) is 104 cm³/mol. The van der Waals surface area contributed by atoms with Crippen LogP contribution in [-0.4, -0.2) is 10.9 Å². The van der Waals surface area contributed by atoms with Gasteiger partial charge in [-0.2, -0.15) is 0 Å². The quantitative estimate of drug-likeness (QED) is 0.674. The summed E-state index contributed by atoms with van der Waals surface area (Å²) < 4.78 is 5.85. The van der Waals surface area contributed by atoms with Gasteiger partial charge in [-0.05, 0) is 49.2 Å². The third kappa shape index (κ3) is 3.14. The van der Waals surface area contributed by atoms with Gasteiger partial charge in [-0.25, -0.2) is 0 Å². The Morgan fingerprint density at radius 2 is 1.85 bits per heavy atom. The predicted octanol–water partition coefficient (Wildman–Crippen LogP) is 4.70. The number of anilines is 1. The van der Waals surface area contributed by atoms with Crippen LogP contribution in [-0.2, 0) is 11.4 Å². The summed E-state index contributed by atoms with van der Waals surface area (Å²) in [5, 5.41) is 2.93. The highest BCUT2D eigenvalue weighted by Gasteiger charge is 2.25. The van der Waals surface area contributed by atoms with Crippen molar-refractivity contribution in [3.63, 3.8) is 0 Å². The minimum Gasteiger partial charge on any atom is -0.489 e. The van der Waals surface area contributed by atoms with Crippen LogP contribution in [0, 0.1) is 13.8 Å². The number of hydrogen-bond donors (Lipinski definition) is 2. The van der Waals surface area contributed by atoms with Crippen molar-refractivity contribution in [2.75, 3.05) is 5.32 Å². The molecule has 0 saturated heterocycles. The standard InChI is InChI=1S/C22H20N2O2/c1-14-10-15(2)23-20(14)12-19-18-9-8-17(11-21(18)24-22(19)25)26-13-16-6-4-3-5-7-16/h3-12,23H,13H2,1-2H3,(H,24,25)/b19-12-. The molecule has 1 aromatic heterocycles. The summed E-state index contributed by atoms with van der Waals surface area (Å²) in [6, 6.07) is 17.8. The molecule has 0 fully saturated rings. The number of carbonyl (C=O) groups excluding carboxylic acids is 1. The van der Waals surface area contributed by atoms with Crippen molar-refractivity contribution in [1.29, 1.82) is 0 Å². The van der Waals surface area contributed by atoms with Crippen LogP contribution in [0.1, 0.15) is 28.1 Å². The van der Waals surface area contributed by atoms with E-state index in [1.165, 1.54) is 0 Å². The zero-order valence-corrected chi connectivity index (χ0v) is 14.8. The van der Waals surface area contributed by atoms with E-state index in [1.54, 1.807) is 0 Å². The van der Waals surface area contributed by atoms with Crippen molar-refractivity contribution in [1.82, 2.24) is 4.98 Å². The van der Waals surface area contributed by atoms with Gasteiger partial charge < -0.3 is 15.0 Å². The molecule has 0 unspecified atom stereocenters. The Balaban J connectivity index is 1.58. The van der Waals surface area contributed by atoms with E-state index in [0.29, 0.717) is 12.2 Å². The monoisotopic (exact) mass is 344 g/mol. The Morgan fingerprint density at radius 1 is 1.04 bits per heavy atom. The molecule has 2 N–H and O–H groups in total. The largest absolute Gasteiger partial charge is 0.489 e. The highest BCUT2D eigenvalue weighted by atomic mass is 16.5. The van der Waals surface area contributed by atoms with E-state index < -0.39 is 0 Å². The van der Waals surface area contributed by atoms with Gasteiger partial charge in [-0.1, -0.05) is 30.3 Å². The molecule has 2 heterocycles. The molecule has 0 saturated carbocycles. The molecule has 1 aliphatic heterocycles. The minimum atomic E-state index is -0.0909. The average Bonchev–Trinajstić information content (AvgIpc) is 3.12. The molecule has 0 spiro atoms. The molecule has 1 aliphatic rings. The summed E-state index contributed by atoms with van der Waals surface area (Å²) in [5.74, 6) is 0.646. The number of fused-ring (bicyclic) bond motifs is 1. The summed E-state index contributed by atoms with van der Waals surface area (Å²) >= 11 is 0. The second kappa shape index (κ2) is 6.56. The molecular formula is C22H20N2O2. The van der Waals surface area contributed by atoms with Gasteiger partial charge in [0.15, 0.2) is 0 Å². The average molecular weight is 344 g/mol. The molecule has 3 aromatic rings. The van der Waals surface area contributed by atoms with E-state index in [1.807, 2.05) is 68.5 Å². The van der Waals surface area contributed by atoms with Crippen molar-refractivity contribution in [2.24, 2.45) is 0 Å². The molecule has 0 radical (unpaired) electrons. The summed E-state index contributed by atoms with van der Waals surface area (Å²) in [5.41, 5.74) is 6.62. The van der Waals surface area contributed by atoms with E-state index in [-0.39, 0.29) is 5.91 Å². The Hall–Kier alpha value is -3.27. The van der Waals surface area contributed by atoms with Crippen LogP contribution >= 0.6 is 0 Å². The molecule has 4 rings (SSSR count). The van der Waals surface area contributed by atoms with Crippen molar-refractivity contribution >= 4 is 23.2 Å². The van der Waals surface area contributed by atoms with Gasteiger partial charge in [-0.15, -0.1) is 0 Å². The molecule has 4 heteroatoms. The SMILES string of the molecule is Cc1cc(C)c(/C=C2\C(=O)Nc3cc(OCc4ccccc4)ccc32)[nH]1. The number of hydrogen-bond acceptors (Lipinski definition) is 2. The van der Waals surface area contributed by atoms with Gasteiger partial charge in [0.1, 0.15) is 12.4 Å². The summed E-state index contributed by atoms with van der Waals surface area (Å²) in [6.45, 7) is 4.54. The number of rotatable bonds is 4. The lowest BCUT2D eigenvalue weighted by Gasteiger charge is -2.08. The number of ether oxygens (including phenoxy) is 1. The zero-order valence-electron chi connectivity index (χ0n) is 14.8. The molecule has 4 nitrogen and oxygen atoms in total. The number of amides is 1. The van der Waals surface area contributed by atoms with Crippen molar-refractivity contribution in [2.45, 2.75) is 20.5 Å². The molecule has 0 aliphatic carbocycles. The molecule has 130 valence electrons. The van der Waals surface area contributed by atoms with Crippen molar-refractivity contribution < 1.29 is 9.53 Å². The second-order valence-corrected chi connectivity index (χ2v) is 6.54. The molecular weight excluding hydrogens is 324 g/mol. The summed E-state index contributed by atoms with van der Waals surface area (Å²) in [6.07, 6.45) is 1.91. The van der Waals surface area contributed by atoms with Crippen LogP contribution in [0.5, 0.6) is 5.75 Å². The fourth-order valence-corrected chi connectivity index (χ4v) is 3.19. The van der Waals surface area contributed by atoms with Crippen LogP contribution < -0.4 is 10.1 Å². The second-order valence-electron chi connectivity index (χ2n) is 6.54. The maximum absolute atomic E-state index is 12.4. The van der Waals surface area contributed by atoms with E-state index >= 15 is 0 Å². The lowest BCUT2D eigenvalue weighted by atomic mass is 10.0. The van der Waals surface area contributed by atoms with E-state index in [9.17, 15) is 4.79 Å². The third-order valence-electron chi connectivity index (χ3n) is 4.50. The first-order valence-corrected chi connectivity index (χ1v) is 8.60. The number of aryl methyl sites for hydroxylation is 2. The zero-order chi connectivity index (χ0) is 18.1. The van der Waals surface area contributed by atoms with Gasteiger partial charge in [0.05, 0.1) is 11.3 Å². The van der Waals surface area contributed by atoms with Crippen LogP contribution in [0.3, 0.4) is 0 Å². The molecule has 0 atom stereocenters. The van der Waals surface area contributed by atoms with Gasteiger partial charge in [0.25, 0.3) is 5.91 Å². The Morgan fingerprint density at radius 3 is 2.58 bits per heavy atom. The molecule has 0 bridgehead atoms. The lowest BCUT2D eigenvalue weighted by Crippen LogP contribution is -2.03. The Bertz CT molecular complexity index is 1000. The molecule has 26 heavy (non-hydrogen) atoms. The maximum Gasteiger partial charge on any atom is 0.256 e.